The SMILES string of the molecule is C=CCSCCNC(=O)c1ccc(O)cc1O. The van der Waals surface area contributed by atoms with Crippen molar-refractivity contribution in [2.75, 3.05) is 18.1 Å². The fraction of sp³-hybridized carbons (Fsp3) is 0.250. The zero-order valence-electron chi connectivity index (χ0n) is 9.35. The Balaban J connectivity index is 2.44. The van der Waals surface area contributed by atoms with Crippen LogP contribution in [-0.2, 0) is 0 Å². The van der Waals surface area contributed by atoms with Gasteiger partial charge < -0.3 is 15.5 Å². The van der Waals surface area contributed by atoms with Crippen LogP contribution in [0.1, 0.15) is 10.4 Å². The Morgan fingerprint density at radius 3 is 2.88 bits per heavy atom. The molecule has 0 fully saturated rings. The van der Waals surface area contributed by atoms with Crippen molar-refractivity contribution in [3.63, 3.8) is 0 Å². The third-order valence-electron chi connectivity index (χ3n) is 1.99. The standard InChI is InChI=1S/C12H15NO3S/c1-2-6-17-7-5-13-12(16)10-4-3-9(14)8-11(10)15/h2-4,8,14-15H,1,5-7H2,(H,13,16). The second-order valence-electron chi connectivity index (χ2n) is 3.32. The van der Waals surface area contributed by atoms with Gasteiger partial charge in [-0.1, -0.05) is 6.08 Å². The van der Waals surface area contributed by atoms with Crippen LogP contribution >= 0.6 is 11.8 Å². The van der Waals surface area contributed by atoms with Crippen LogP contribution in [0, 0.1) is 0 Å². The summed E-state index contributed by atoms with van der Waals surface area (Å²) in [6.45, 7) is 4.12. The van der Waals surface area contributed by atoms with Crippen molar-refractivity contribution >= 4 is 17.7 Å². The van der Waals surface area contributed by atoms with Gasteiger partial charge in [-0.2, -0.15) is 11.8 Å². The predicted octanol–water partition coefficient (Wildman–Crippen LogP) is 1.75. The average Bonchev–Trinajstić information content (AvgIpc) is 2.28. The van der Waals surface area contributed by atoms with Crippen LogP contribution in [0.25, 0.3) is 0 Å². The predicted molar refractivity (Wildman–Crippen MR) is 69.6 cm³/mol. The van der Waals surface area contributed by atoms with Gasteiger partial charge in [-0.3, -0.25) is 4.79 Å². The Kier molecular flexibility index (Phi) is 5.42. The topological polar surface area (TPSA) is 69.6 Å². The number of hydrogen-bond donors (Lipinski definition) is 3. The van der Waals surface area contributed by atoms with Crippen molar-refractivity contribution in [1.82, 2.24) is 5.32 Å². The zero-order valence-corrected chi connectivity index (χ0v) is 10.2. The minimum atomic E-state index is -0.346. The van der Waals surface area contributed by atoms with E-state index in [-0.39, 0.29) is 23.0 Å². The van der Waals surface area contributed by atoms with Gasteiger partial charge in [0.15, 0.2) is 0 Å². The van der Waals surface area contributed by atoms with Gasteiger partial charge in [-0.15, -0.1) is 6.58 Å². The molecule has 0 aliphatic carbocycles. The molecule has 0 aliphatic rings. The van der Waals surface area contributed by atoms with Gasteiger partial charge in [0.05, 0.1) is 5.56 Å². The summed E-state index contributed by atoms with van der Waals surface area (Å²) in [5.41, 5.74) is 0.163. The molecule has 17 heavy (non-hydrogen) atoms. The molecule has 1 aromatic rings. The highest BCUT2D eigenvalue weighted by atomic mass is 32.2. The summed E-state index contributed by atoms with van der Waals surface area (Å²) >= 11 is 1.66. The van der Waals surface area contributed by atoms with E-state index in [2.05, 4.69) is 11.9 Å². The number of amides is 1. The van der Waals surface area contributed by atoms with E-state index in [9.17, 15) is 9.90 Å². The Hall–Kier alpha value is -1.62. The molecule has 0 unspecified atom stereocenters. The summed E-state index contributed by atoms with van der Waals surface area (Å²) in [5.74, 6) is 1.00. The third kappa shape index (κ3) is 4.40. The third-order valence-corrected chi connectivity index (χ3v) is 2.96. The van der Waals surface area contributed by atoms with Crippen LogP contribution in [0.2, 0.25) is 0 Å². The molecule has 0 bridgehead atoms. The summed E-state index contributed by atoms with van der Waals surface area (Å²) in [6, 6.07) is 3.89. The highest BCUT2D eigenvalue weighted by Gasteiger charge is 2.10. The molecule has 0 radical (unpaired) electrons. The molecule has 1 rings (SSSR count). The van der Waals surface area contributed by atoms with E-state index in [1.165, 1.54) is 12.1 Å². The summed E-state index contributed by atoms with van der Waals surface area (Å²) in [7, 11) is 0. The molecule has 5 heteroatoms. The van der Waals surface area contributed by atoms with Crippen LogP contribution in [-0.4, -0.2) is 34.2 Å². The van der Waals surface area contributed by atoms with E-state index in [1.54, 1.807) is 17.8 Å². The molecule has 0 aliphatic heterocycles. The molecule has 4 nitrogen and oxygen atoms in total. The van der Waals surface area contributed by atoms with Crippen molar-refractivity contribution < 1.29 is 15.0 Å². The number of carbonyl (C=O) groups is 1. The maximum atomic E-state index is 11.6. The minimum absolute atomic E-state index is 0.0689. The summed E-state index contributed by atoms with van der Waals surface area (Å²) in [5, 5.41) is 21.2. The Morgan fingerprint density at radius 2 is 2.24 bits per heavy atom. The number of rotatable bonds is 6. The number of carbonyl (C=O) groups excluding carboxylic acids is 1. The number of thioether (sulfide) groups is 1. The number of phenolic OH excluding ortho intramolecular Hbond substituents is 2. The molecule has 0 heterocycles. The molecular formula is C12H15NO3S. The fourth-order valence-corrected chi connectivity index (χ4v) is 1.79. The Labute approximate surface area is 104 Å². The normalized spacial score (nSPS) is 9.88. The molecule has 0 aromatic heterocycles. The van der Waals surface area contributed by atoms with Gasteiger partial charge in [-0.05, 0) is 12.1 Å². The van der Waals surface area contributed by atoms with Crippen molar-refractivity contribution in [1.29, 1.82) is 0 Å². The number of phenols is 2. The van der Waals surface area contributed by atoms with Crippen LogP contribution in [0.5, 0.6) is 11.5 Å². The lowest BCUT2D eigenvalue weighted by Gasteiger charge is -2.06. The van der Waals surface area contributed by atoms with Crippen LogP contribution in [0.3, 0.4) is 0 Å². The van der Waals surface area contributed by atoms with Crippen LogP contribution < -0.4 is 5.32 Å². The smallest absolute Gasteiger partial charge is 0.255 e. The lowest BCUT2D eigenvalue weighted by atomic mass is 10.2. The molecule has 0 saturated heterocycles. The Morgan fingerprint density at radius 1 is 1.47 bits per heavy atom. The first kappa shape index (κ1) is 13.4. The Bertz CT molecular complexity index is 407. The van der Waals surface area contributed by atoms with Crippen molar-refractivity contribution in [2.45, 2.75) is 0 Å². The molecule has 0 atom stereocenters. The molecule has 3 N–H and O–H groups in total. The van der Waals surface area contributed by atoms with E-state index in [1.807, 2.05) is 0 Å². The van der Waals surface area contributed by atoms with Gasteiger partial charge in [0.2, 0.25) is 0 Å². The van der Waals surface area contributed by atoms with Gasteiger partial charge in [0.25, 0.3) is 5.91 Å². The van der Waals surface area contributed by atoms with Gasteiger partial charge in [0.1, 0.15) is 11.5 Å². The molecule has 0 saturated carbocycles. The van der Waals surface area contributed by atoms with Gasteiger partial charge in [-0.25, -0.2) is 0 Å². The minimum Gasteiger partial charge on any atom is -0.508 e. The fourth-order valence-electron chi connectivity index (χ4n) is 1.21. The highest BCUT2D eigenvalue weighted by molar-refractivity contribution is 7.99. The van der Waals surface area contributed by atoms with E-state index in [0.29, 0.717) is 6.54 Å². The van der Waals surface area contributed by atoms with Gasteiger partial charge in [0, 0.05) is 24.1 Å². The molecule has 1 amide bonds. The van der Waals surface area contributed by atoms with Crippen molar-refractivity contribution in [3.8, 4) is 11.5 Å². The second kappa shape index (κ2) is 6.85. The number of aromatic hydroxyl groups is 2. The van der Waals surface area contributed by atoms with E-state index >= 15 is 0 Å². The molecule has 1 aromatic carbocycles. The first-order valence-electron chi connectivity index (χ1n) is 5.14. The van der Waals surface area contributed by atoms with E-state index in [0.717, 1.165) is 17.6 Å². The van der Waals surface area contributed by atoms with Crippen LogP contribution in [0.4, 0.5) is 0 Å². The quantitative estimate of drug-likeness (QED) is 0.533. The maximum Gasteiger partial charge on any atom is 0.255 e. The summed E-state index contributed by atoms with van der Waals surface area (Å²) < 4.78 is 0. The second-order valence-corrected chi connectivity index (χ2v) is 4.47. The lowest BCUT2D eigenvalue weighted by Crippen LogP contribution is -2.25. The summed E-state index contributed by atoms with van der Waals surface area (Å²) in [4.78, 5) is 11.6. The van der Waals surface area contributed by atoms with Gasteiger partial charge >= 0.3 is 0 Å². The number of benzene rings is 1. The van der Waals surface area contributed by atoms with Crippen molar-refractivity contribution in [2.24, 2.45) is 0 Å². The molecule has 92 valence electrons. The lowest BCUT2D eigenvalue weighted by molar-refractivity contribution is 0.0953. The highest BCUT2D eigenvalue weighted by Crippen LogP contribution is 2.22. The monoisotopic (exact) mass is 253 g/mol. The average molecular weight is 253 g/mol. The van der Waals surface area contributed by atoms with E-state index in [4.69, 9.17) is 5.11 Å². The zero-order chi connectivity index (χ0) is 12.7. The first-order chi connectivity index (χ1) is 8.15. The first-order valence-corrected chi connectivity index (χ1v) is 6.29. The molecular weight excluding hydrogens is 238 g/mol. The van der Waals surface area contributed by atoms with Crippen LogP contribution in [0.15, 0.2) is 30.9 Å². The largest absolute Gasteiger partial charge is 0.508 e. The number of nitrogens with one attached hydrogen (secondary N) is 1. The maximum absolute atomic E-state index is 11.6. The summed E-state index contributed by atoms with van der Waals surface area (Å²) in [6.07, 6.45) is 1.80. The van der Waals surface area contributed by atoms with Crippen molar-refractivity contribution in [3.05, 3.63) is 36.4 Å². The van der Waals surface area contributed by atoms with E-state index < -0.39 is 0 Å². The molecule has 0 spiro atoms. The number of hydrogen-bond acceptors (Lipinski definition) is 4.